The second kappa shape index (κ2) is 8.34. The maximum Gasteiger partial charge on any atom is 0.335 e. The molecule has 0 saturated carbocycles. The number of halogens is 1. The predicted molar refractivity (Wildman–Crippen MR) is 98.4 cm³/mol. The standard InChI is InChI=1S/C20H20ClNO4/c21-17-4-2-1-3-16(17)18-13-22(11-12-26-18)19(23)10-7-14-5-8-15(9-6-14)20(24)25/h1-6,8-9,18H,7,10-13H2,(H,24,25). The van der Waals surface area contributed by atoms with E-state index in [-0.39, 0.29) is 17.6 Å². The summed E-state index contributed by atoms with van der Waals surface area (Å²) in [5.41, 5.74) is 2.09. The van der Waals surface area contributed by atoms with E-state index in [1.807, 2.05) is 29.2 Å². The molecular weight excluding hydrogens is 354 g/mol. The van der Waals surface area contributed by atoms with Crippen LogP contribution in [-0.4, -0.2) is 41.6 Å². The Morgan fingerprint density at radius 1 is 1.15 bits per heavy atom. The van der Waals surface area contributed by atoms with Crippen LogP contribution in [0, 0.1) is 0 Å². The third-order valence-corrected chi connectivity index (χ3v) is 4.84. The molecule has 3 rings (SSSR count). The highest BCUT2D eigenvalue weighted by Crippen LogP contribution is 2.28. The van der Waals surface area contributed by atoms with E-state index in [4.69, 9.17) is 21.4 Å². The van der Waals surface area contributed by atoms with Crippen molar-refractivity contribution in [1.82, 2.24) is 4.90 Å². The quantitative estimate of drug-likeness (QED) is 0.870. The van der Waals surface area contributed by atoms with Gasteiger partial charge >= 0.3 is 5.97 Å². The minimum atomic E-state index is -0.952. The first-order chi connectivity index (χ1) is 12.5. The van der Waals surface area contributed by atoms with E-state index in [2.05, 4.69) is 0 Å². The zero-order valence-corrected chi connectivity index (χ0v) is 15.0. The Kier molecular flexibility index (Phi) is 5.91. The zero-order chi connectivity index (χ0) is 18.5. The fourth-order valence-corrected chi connectivity index (χ4v) is 3.28. The van der Waals surface area contributed by atoms with Crippen molar-refractivity contribution < 1.29 is 19.4 Å². The summed E-state index contributed by atoms with van der Waals surface area (Å²) in [6, 6.07) is 14.1. The number of nitrogens with zero attached hydrogens (tertiary/aromatic N) is 1. The number of benzene rings is 2. The van der Waals surface area contributed by atoms with Gasteiger partial charge in [-0.2, -0.15) is 0 Å². The maximum atomic E-state index is 12.6. The van der Waals surface area contributed by atoms with Crippen LogP contribution in [0.4, 0.5) is 0 Å². The van der Waals surface area contributed by atoms with E-state index in [0.717, 1.165) is 11.1 Å². The fourth-order valence-electron chi connectivity index (χ4n) is 3.02. The van der Waals surface area contributed by atoms with Crippen LogP contribution in [0.15, 0.2) is 48.5 Å². The van der Waals surface area contributed by atoms with Gasteiger partial charge in [-0.1, -0.05) is 41.9 Å². The second-order valence-corrected chi connectivity index (χ2v) is 6.63. The van der Waals surface area contributed by atoms with E-state index in [0.29, 0.717) is 37.6 Å². The van der Waals surface area contributed by atoms with Crippen LogP contribution in [0.5, 0.6) is 0 Å². The molecule has 1 atom stereocenters. The molecule has 1 amide bonds. The molecule has 1 fully saturated rings. The van der Waals surface area contributed by atoms with Crippen LogP contribution in [0.25, 0.3) is 0 Å². The van der Waals surface area contributed by atoms with Gasteiger partial charge in [0.05, 0.1) is 18.7 Å². The molecule has 1 aliphatic heterocycles. The molecule has 2 aromatic rings. The predicted octanol–water partition coefficient (Wildman–Crippen LogP) is 3.57. The Morgan fingerprint density at radius 2 is 1.88 bits per heavy atom. The average molecular weight is 374 g/mol. The average Bonchev–Trinajstić information content (AvgIpc) is 2.67. The highest BCUT2D eigenvalue weighted by atomic mass is 35.5. The molecule has 26 heavy (non-hydrogen) atoms. The number of aryl methyl sites for hydroxylation is 1. The number of hydrogen-bond acceptors (Lipinski definition) is 3. The van der Waals surface area contributed by atoms with Crippen LogP contribution in [-0.2, 0) is 16.0 Å². The van der Waals surface area contributed by atoms with Gasteiger partial charge in [0.15, 0.2) is 0 Å². The lowest BCUT2D eigenvalue weighted by Crippen LogP contribution is -2.42. The summed E-state index contributed by atoms with van der Waals surface area (Å²) in [7, 11) is 0. The summed E-state index contributed by atoms with van der Waals surface area (Å²) in [6.45, 7) is 1.53. The van der Waals surface area contributed by atoms with E-state index >= 15 is 0 Å². The highest BCUT2D eigenvalue weighted by Gasteiger charge is 2.26. The fraction of sp³-hybridized carbons (Fsp3) is 0.300. The van der Waals surface area contributed by atoms with Crippen LogP contribution < -0.4 is 0 Å². The zero-order valence-electron chi connectivity index (χ0n) is 14.2. The van der Waals surface area contributed by atoms with Crippen LogP contribution in [0.3, 0.4) is 0 Å². The topological polar surface area (TPSA) is 66.8 Å². The molecule has 0 aliphatic carbocycles. The number of carbonyl (C=O) groups is 2. The van der Waals surface area contributed by atoms with Crippen molar-refractivity contribution in [3.05, 3.63) is 70.2 Å². The summed E-state index contributed by atoms with van der Waals surface area (Å²) in [5, 5.41) is 9.56. The van der Waals surface area contributed by atoms with Gasteiger partial charge in [-0.25, -0.2) is 4.79 Å². The van der Waals surface area contributed by atoms with Crippen LogP contribution in [0.1, 0.15) is 34.0 Å². The van der Waals surface area contributed by atoms with Crippen LogP contribution in [0.2, 0.25) is 5.02 Å². The van der Waals surface area contributed by atoms with Crippen molar-refractivity contribution >= 4 is 23.5 Å². The number of hydrogen-bond donors (Lipinski definition) is 1. The third-order valence-electron chi connectivity index (χ3n) is 4.50. The summed E-state index contributed by atoms with van der Waals surface area (Å²) in [6.07, 6.45) is 0.741. The van der Waals surface area contributed by atoms with Crippen molar-refractivity contribution in [3.8, 4) is 0 Å². The lowest BCUT2D eigenvalue weighted by Gasteiger charge is -2.33. The van der Waals surface area contributed by atoms with Gasteiger partial charge in [0.1, 0.15) is 6.10 Å². The van der Waals surface area contributed by atoms with Crippen LogP contribution >= 0.6 is 11.6 Å². The molecule has 1 N–H and O–H groups in total. The van der Waals surface area contributed by atoms with Gasteiger partial charge in [0.25, 0.3) is 0 Å². The SMILES string of the molecule is O=C(O)c1ccc(CCC(=O)N2CCOC(c3ccccc3Cl)C2)cc1. The van der Waals surface area contributed by atoms with Crippen molar-refractivity contribution in [2.75, 3.05) is 19.7 Å². The first-order valence-corrected chi connectivity index (χ1v) is 8.88. The van der Waals surface area contributed by atoms with Crippen molar-refractivity contribution in [2.24, 2.45) is 0 Å². The van der Waals surface area contributed by atoms with Gasteiger partial charge in [0.2, 0.25) is 5.91 Å². The third kappa shape index (κ3) is 4.42. The number of amides is 1. The number of carboxylic acids is 1. The molecule has 6 heteroatoms. The molecule has 1 aliphatic rings. The number of rotatable bonds is 5. The maximum absolute atomic E-state index is 12.6. The van der Waals surface area contributed by atoms with Gasteiger partial charge in [-0.05, 0) is 30.2 Å². The van der Waals surface area contributed by atoms with Gasteiger partial charge in [-0.3, -0.25) is 4.79 Å². The van der Waals surface area contributed by atoms with E-state index in [1.54, 1.807) is 24.3 Å². The molecule has 1 heterocycles. The molecule has 5 nitrogen and oxygen atoms in total. The minimum absolute atomic E-state index is 0.0627. The Hall–Kier alpha value is -2.37. The molecule has 0 spiro atoms. The Bertz CT molecular complexity index is 791. The first-order valence-electron chi connectivity index (χ1n) is 8.50. The smallest absolute Gasteiger partial charge is 0.335 e. The summed E-state index contributed by atoms with van der Waals surface area (Å²) < 4.78 is 5.79. The molecule has 136 valence electrons. The summed E-state index contributed by atoms with van der Waals surface area (Å²) >= 11 is 6.24. The molecule has 0 bridgehead atoms. The molecular formula is C20H20ClNO4. The molecule has 0 radical (unpaired) electrons. The van der Waals surface area contributed by atoms with Crippen molar-refractivity contribution in [3.63, 3.8) is 0 Å². The monoisotopic (exact) mass is 373 g/mol. The Labute approximate surface area is 157 Å². The van der Waals surface area contributed by atoms with E-state index in [9.17, 15) is 9.59 Å². The normalized spacial score (nSPS) is 17.1. The molecule has 1 saturated heterocycles. The van der Waals surface area contributed by atoms with Gasteiger partial charge in [0, 0.05) is 23.6 Å². The van der Waals surface area contributed by atoms with Crippen molar-refractivity contribution in [1.29, 1.82) is 0 Å². The Morgan fingerprint density at radius 3 is 2.58 bits per heavy atom. The number of ether oxygens (including phenoxy) is 1. The highest BCUT2D eigenvalue weighted by molar-refractivity contribution is 6.31. The molecule has 1 unspecified atom stereocenters. The van der Waals surface area contributed by atoms with E-state index in [1.165, 1.54) is 0 Å². The lowest BCUT2D eigenvalue weighted by atomic mass is 10.1. The summed E-state index contributed by atoms with van der Waals surface area (Å²) in [5.74, 6) is -0.890. The number of aromatic carboxylic acids is 1. The van der Waals surface area contributed by atoms with E-state index < -0.39 is 5.97 Å². The molecule has 2 aromatic carbocycles. The largest absolute Gasteiger partial charge is 0.478 e. The molecule has 0 aromatic heterocycles. The summed E-state index contributed by atoms with van der Waals surface area (Å²) in [4.78, 5) is 25.2. The second-order valence-electron chi connectivity index (χ2n) is 6.22. The number of carbonyl (C=O) groups excluding carboxylic acids is 1. The number of carboxylic acid groups (broad SMARTS) is 1. The first kappa shape index (κ1) is 18.4. The van der Waals surface area contributed by atoms with Gasteiger partial charge in [-0.15, -0.1) is 0 Å². The Balaban J connectivity index is 1.57. The van der Waals surface area contributed by atoms with Crippen molar-refractivity contribution in [2.45, 2.75) is 18.9 Å². The number of morpholine rings is 1. The van der Waals surface area contributed by atoms with Gasteiger partial charge < -0.3 is 14.7 Å². The minimum Gasteiger partial charge on any atom is -0.478 e. The lowest BCUT2D eigenvalue weighted by molar-refractivity contribution is -0.139.